The lowest BCUT2D eigenvalue weighted by atomic mass is 10.1. The first-order chi connectivity index (χ1) is 16.2. The van der Waals surface area contributed by atoms with Gasteiger partial charge >= 0.3 is 5.97 Å². The average Bonchev–Trinajstić information content (AvgIpc) is 2.73. The Hall–Kier alpha value is -2.80. The van der Waals surface area contributed by atoms with Crippen LogP contribution in [0, 0.1) is 6.92 Å². The quantitative estimate of drug-likeness (QED) is 0.142. The molecule has 10 nitrogen and oxygen atoms in total. The molecule has 0 aliphatic rings. The van der Waals surface area contributed by atoms with E-state index in [0.717, 1.165) is 5.70 Å². The lowest BCUT2D eigenvalue weighted by Gasteiger charge is -2.27. The van der Waals surface area contributed by atoms with Crippen LogP contribution in [0.4, 0.5) is 5.69 Å². The fourth-order valence-corrected chi connectivity index (χ4v) is 4.13. The molecule has 0 saturated heterocycles. The number of rotatable bonds is 14. The third-order valence-electron chi connectivity index (χ3n) is 4.85. The van der Waals surface area contributed by atoms with Crippen LogP contribution >= 0.6 is 0 Å². The molecule has 0 unspecified atom stereocenters. The molecule has 0 spiro atoms. The summed E-state index contributed by atoms with van der Waals surface area (Å²) in [7, 11) is -8.11. The molecule has 0 atom stereocenters. The van der Waals surface area contributed by atoms with Crippen LogP contribution in [-0.2, 0) is 20.2 Å². The van der Waals surface area contributed by atoms with Crippen molar-refractivity contribution in [3.63, 3.8) is 0 Å². The first-order valence-corrected chi connectivity index (χ1v) is 14.0. The van der Waals surface area contributed by atoms with Gasteiger partial charge < -0.3 is 10.0 Å². The van der Waals surface area contributed by atoms with Crippen molar-refractivity contribution in [3.8, 4) is 0 Å². The van der Waals surface area contributed by atoms with Crippen molar-refractivity contribution in [1.29, 1.82) is 0 Å². The SMILES string of the molecule is CC(/C=C/C=C/C=C(\C)N(CCCS(=O)(=O)O)c1cccc(C(=O)O)c1C)=NCCCS(=O)(=O)O. The predicted octanol–water partition coefficient (Wildman–Crippen LogP) is 3.53. The van der Waals surface area contributed by atoms with Crippen LogP contribution < -0.4 is 4.90 Å². The molecule has 0 heterocycles. The van der Waals surface area contributed by atoms with Crippen LogP contribution in [0.3, 0.4) is 0 Å². The first-order valence-electron chi connectivity index (χ1n) is 10.7. The van der Waals surface area contributed by atoms with Crippen molar-refractivity contribution in [2.24, 2.45) is 4.99 Å². The van der Waals surface area contributed by atoms with E-state index in [0.29, 0.717) is 17.0 Å². The second kappa shape index (κ2) is 13.9. The molecule has 1 aromatic rings. The number of hydrogen-bond donors (Lipinski definition) is 3. The van der Waals surface area contributed by atoms with Gasteiger partial charge in [0.25, 0.3) is 20.2 Å². The summed E-state index contributed by atoms with van der Waals surface area (Å²) >= 11 is 0. The molecule has 194 valence electrons. The zero-order chi connectivity index (χ0) is 26.6. The van der Waals surface area contributed by atoms with E-state index in [-0.39, 0.29) is 37.2 Å². The van der Waals surface area contributed by atoms with Gasteiger partial charge in [0.2, 0.25) is 0 Å². The molecule has 12 heteroatoms. The highest BCUT2D eigenvalue weighted by Gasteiger charge is 2.17. The van der Waals surface area contributed by atoms with Gasteiger partial charge in [-0.05, 0) is 63.5 Å². The van der Waals surface area contributed by atoms with Gasteiger partial charge in [-0.3, -0.25) is 14.1 Å². The Morgan fingerprint density at radius 3 is 2.23 bits per heavy atom. The van der Waals surface area contributed by atoms with E-state index in [1.807, 2.05) is 0 Å². The Kier molecular flexibility index (Phi) is 12.0. The Balaban J connectivity index is 2.99. The number of nitrogens with zero attached hydrogens (tertiary/aromatic N) is 2. The molecule has 0 aromatic heterocycles. The Labute approximate surface area is 206 Å². The summed E-state index contributed by atoms with van der Waals surface area (Å²) in [6.45, 7) is 5.75. The number of anilines is 1. The highest BCUT2D eigenvalue weighted by molar-refractivity contribution is 7.86. The van der Waals surface area contributed by atoms with Gasteiger partial charge in [-0.15, -0.1) is 0 Å². The van der Waals surface area contributed by atoms with E-state index < -0.39 is 32.0 Å². The number of aliphatic imine (C=N–C) groups is 1. The molecular formula is C23H32N2O8S2. The van der Waals surface area contributed by atoms with Gasteiger partial charge in [0.1, 0.15) is 0 Å². The first kappa shape index (κ1) is 30.2. The number of carboxylic acids is 1. The van der Waals surface area contributed by atoms with Crippen LogP contribution in [0.2, 0.25) is 0 Å². The standard InChI is InChI=1S/C23H32N2O8S2/c1-18(24-14-8-16-34(28,29)30)10-5-4-6-11-19(2)25(15-9-17-35(31,32)33)22-13-7-12-21(20(22)3)23(26)27/h4-7,10-13H,8-9,14-17H2,1-3H3,(H,26,27)(H,28,29,30)(H,31,32,33)/b6-4+,10-5+,19-11+,24-18?. The number of hydrogen-bond acceptors (Lipinski definition) is 7. The van der Waals surface area contributed by atoms with Gasteiger partial charge in [-0.25, -0.2) is 4.79 Å². The number of allylic oxidation sites excluding steroid dienone is 6. The van der Waals surface area contributed by atoms with Gasteiger partial charge in [0, 0.05) is 30.2 Å². The summed E-state index contributed by atoms with van der Waals surface area (Å²) in [5, 5.41) is 9.43. The van der Waals surface area contributed by atoms with E-state index in [2.05, 4.69) is 4.99 Å². The lowest BCUT2D eigenvalue weighted by Crippen LogP contribution is -2.25. The zero-order valence-corrected chi connectivity index (χ0v) is 21.6. The van der Waals surface area contributed by atoms with Crippen LogP contribution in [0.25, 0.3) is 0 Å². The third kappa shape index (κ3) is 12.5. The van der Waals surface area contributed by atoms with Gasteiger partial charge in [-0.2, -0.15) is 16.8 Å². The highest BCUT2D eigenvalue weighted by atomic mass is 32.2. The molecule has 0 radical (unpaired) electrons. The summed E-state index contributed by atoms with van der Waals surface area (Å²) < 4.78 is 61.4. The number of carbonyl (C=O) groups is 1. The highest BCUT2D eigenvalue weighted by Crippen LogP contribution is 2.27. The van der Waals surface area contributed by atoms with E-state index in [9.17, 15) is 26.7 Å². The largest absolute Gasteiger partial charge is 0.478 e. The summed E-state index contributed by atoms with van der Waals surface area (Å²) in [4.78, 5) is 17.5. The van der Waals surface area contributed by atoms with Gasteiger partial charge in [-0.1, -0.05) is 24.3 Å². The maximum absolute atomic E-state index is 11.5. The maximum atomic E-state index is 11.5. The monoisotopic (exact) mass is 528 g/mol. The van der Waals surface area contributed by atoms with Crippen LogP contribution in [0.15, 0.2) is 59.3 Å². The van der Waals surface area contributed by atoms with Crippen molar-refractivity contribution in [2.75, 3.05) is 29.5 Å². The second-order valence-corrected chi connectivity index (χ2v) is 10.9. The second-order valence-electron chi connectivity index (χ2n) is 7.76. The Morgan fingerprint density at radius 1 is 1.00 bits per heavy atom. The molecule has 0 aliphatic carbocycles. The summed E-state index contributed by atoms with van der Waals surface area (Å²) in [6, 6.07) is 4.86. The molecule has 3 N–H and O–H groups in total. The molecule has 0 fully saturated rings. The molecule has 35 heavy (non-hydrogen) atoms. The topological polar surface area (TPSA) is 162 Å². The summed E-state index contributed by atoms with van der Waals surface area (Å²) in [5.74, 6) is -1.83. The lowest BCUT2D eigenvalue weighted by molar-refractivity contribution is 0.0696. The number of aromatic carboxylic acids is 1. The Morgan fingerprint density at radius 2 is 1.63 bits per heavy atom. The van der Waals surface area contributed by atoms with E-state index in [1.54, 1.807) is 68.2 Å². The fraction of sp³-hybridized carbons (Fsp3) is 0.391. The zero-order valence-electron chi connectivity index (χ0n) is 20.0. The number of carboxylic acid groups (broad SMARTS) is 1. The fourth-order valence-electron chi connectivity index (χ4n) is 3.14. The molecule has 0 bridgehead atoms. The molecular weight excluding hydrogens is 496 g/mol. The molecule has 0 amide bonds. The van der Waals surface area contributed by atoms with E-state index in [4.69, 9.17) is 9.11 Å². The summed E-state index contributed by atoms with van der Waals surface area (Å²) in [6.07, 6.45) is 9.11. The Bertz CT molecular complexity index is 1210. The maximum Gasteiger partial charge on any atom is 0.336 e. The van der Waals surface area contributed by atoms with Crippen molar-refractivity contribution < 1.29 is 35.8 Å². The van der Waals surface area contributed by atoms with E-state index >= 15 is 0 Å². The van der Waals surface area contributed by atoms with Crippen molar-refractivity contribution in [2.45, 2.75) is 33.6 Å². The molecule has 0 aliphatic heterocycles. The molecule has 1 rings (SSSR count). The van der Waals surface area contributed by atoms with E-state index in [1.165, 1.54) is 6.07 Å². The van der Waals surface area contributed by atoms with Gasteiger partial charge in [0.05, 0.1) is 17.1 Å². The van der Waals surface area contributed by atoms with Crippen LogP contribution in [-0.4, -0.2) is 67.3 Å². The average molecular weight is 529 g/mol. The minimum atomic E-state index is -4.12. The minimum absolute atomic E-state index is 0.137. The van der Waals surface area contributed by atoms with Crippen molar-refractivity contribution >= 4 is 37.6 Å². The van der Waals surface area contributed by atoms with Crippen LogP contribution in [0.1, 0.15) is 42.6 Å². The van der Waals surface area contributed by atoms with Gasteiger partial charge in [0.15, 0.2) is 0 Å². The molecule has 1 aromatic carbocycles. The molecule has 0 saturated carbocycles. The third-order valence-corrected chi connectivity index (χ3v) is 6.46. The number of benzene rings is 1. The smallest absolute Gasteiger partial charge is 0.336 e. The summed E-state index contributed by atoms with van der Waals surface area (Å²) in [5.41, 5.74) is 2.69. The minimum Gasteiger partial charge on any atom is -0.478 e. The van der Waals surface area contributed by atoms with Crippen molar-refractivity contribution in [1.82, 2.24) is 0 Å². The normalized spacial score (nSPS) is 13.6. The van der Waals surface area contributed by atoms with Crippen molar-refractivity contribution in [3.05, 3.63) is 65.4 Å². The predicted molar refractivity (Wildman–Crippen MR) is 138 cm³/mol. The van der Waals surface area contributed by atoms with Crippen LogP contribution in [0.5, 0.6) is 0 Å².